The topological polar surface area (TPSA) is 93.2 Å². The van der Waals surface area contributed by atoms with E-state index < -0.39 is 12.1 Å². The number of amides is 1. The van der Waals surface area contributed by atoms with Crippen molar-refractivity contribution in [1.29, 1.82) is 0 Å². The second kappa shape index (κ2) is 3.36. The monoisotopic (exact) mass is 118 g/mol. The van der Waals surface area contributed by atoms with Crippen molar-refractivity contribution in [2.24, 2.45) is 11.6 Å². The molecular weight excluding hydrogens is 108 g/mol. The molecule has 1 unspecified atom stereocenters. The fraction of sp³-hybridized carbons (Fsp3) is 0.667. The van der Waals surface area contributed by atoms with Crippen LogP contribution in [-0.4, -0.2) is 19.1 Å². The first kappa shape index (κ1) is 7.35. The van der Waals surface area contributed by atoms with Gasteiger partial charge >= 0.3 is 0 Å². The highest BCUT2D eigenvalue weighted by Crippen LogP contribution is 1.65. The quantitative estimate of drug-likeness (QED) is 0.187. The summed E-state index contributed by atoms with van der Waals surface area (Å²) >= 11 is 0. The summed E-state index contributed by atoms with van der Waals surface area (Å²) in [5, 5.41) is 2.54. The molecule has 0 radical (unpaired) electrons. The predicted octanol–water partition coefficient (Wildman–Crippen LogP) is -2.52. The van der Waals surface area contributed by atoms with Crippen molar-refractivity contribution < 1.29 is 4.79 Å². The maximum atomic E-state index is 10.2. The third-order valence-electron chi connectivity index (χ3n) is 0.740. The molecule has 0 aromatic heterocycles. The second-order valence-corrected chi connectivity index (χ2v) is 1.29. The van der Waals surface area contributed by atoms with Gasteiger partial charge in [-0.05, 0) is 7.05 Å². The second-order valence-electron chi connectivity index (χ2n) is 1.29. The summed E-state index contributed by atoms with van der Waals surface area (Å²) in [6, 6.07) is 0. The van der Waals surface area contributed by atoms with Crippen LogP contribution >= 0.6 is 0 Å². The van der Waals surface area contributed by atoms with Gasteiger partial charge in [0, 0.05) is 0 Å². The highest BCUT2D eigenvalue weighted by molar-refractivity contribution is 5.79. The number of likely N-dealkylation sites (N-methyl/N-ethyl adjacent to an activating group) is 1. The molecule has 48 valence electrons. The Hall–Kier alpha value is -0.650. The van der Waals surface area contributed by atoms with E-state index in [0.717, 1.165) is 0 Å². The molecule has 0 aliphatic heterocycles. The van der Waals surface area contributed by atoms with Crippen molar-refractivity contribution in [3.8, 4) is 0 Å². The number of nitrogens with two attached hydrogens (primary N) is 2. The van der Waals surface area contributed by atoms with Gasteiger partial charge in [-0.2, -0.15) is 0 Å². The number of primary amides is 1. The van der Waals surface area contributed by atoms with Gasteiger partial charge in [0.05, 0.1) is 0 Å². The van der Waals surface area contributed by atoms with Gasteiger partial charge in [0.15, 0.2) is 6.17 Å². The lowest BCUT2D eigenvalue weighted by molar-refractivity contribution is -0.120. The maximum absolute atomic E-state index is 10.2. The molecule has 6 N–H and O–H groups in total. The van der Waals surface area contributed by atoms with E-state index in [0.29, 0.717) is 0 Å². The van der Waals surface area contributed by atoms with Gasteiger partial charge in [-0.1, -0.05) is 0 Å². The molecule has 0 saturated heterocycles. The van der Waals surface area contributed by atoms with E-state index in [2.05, 4.69) is 10.7 Å². The van der Waals surface area contributed by atoms with Crippen LogP contribution in [-0.2, 0) is 4.79 Å². The Morgan fingerprint density at radius 3 is 2.25 bits per heavy atom. The van der Waals surface area contributed by atoms with Crippen LogP contribution in [0.4, 0.5) is 0 Å². The molecule has 0 spiro atoms. The summed E-state index contributed by atoms with van der Waals surface area (Å²) in [5.74, 6) is 4.35. The van der Waals surface area contributed by atoms with E-state index in [1.165, 1.54) is 0 Å². The molecule has 0 aromatic rings. The molecule has 0 rings (SSSR count). The summed E-state index contributed by atoms with van der Waals surface area (Å²) in [6.45, 7) is 0. The minimum atomic E-state index is -0.630. The molecule has 5 nitrogen and oxygen atoms in total. The molecule has 1 atom stereocenters. The molecule has 0 aromatic carbocycles. The van der Waals surface area contributed by atoms with Crippen molar-refractivity contribution in [3.05, 3.63) is 0 Å². The molecule has 0 saturated carbocycles. The molecular formula is C3H10N4O. The van der Waals surface area contributed by atoms with E-state index in [9.17, 15) is 4.79 Å². The molecule has 0 fully saturated rings. The van der Waals surface area contributed by atoms with Crippen LogP contribution in [0.25, 0.3) is 0 Å². The van der Waals surface area contributed by atoms with E-state index in [1.54, 1.807) is 7.05 Å². The Bertz CT molecular complexity index is 79.4. The predicted molar refractivity (Wildman–Crippen MR) is 29.4 cm³/mol. The van der Waals surface area contributed by atoms with Crippen LogP contribution < -0.4 is 22.3 Å². The lowest BCUT2D eigenvalue weighted by atomic mass is 10.5. The van der Waals surface area contributed by atoms with Crippen LogP contribution in [0.1, 0.15) is 0 Å². The van der Waals surface area contributed by atoms with Crippen LogP contribution in [0.5, 0.6) is 0 Å². The number of nitrogens with one attached hydrogen (secondary N) is 2. The van der Waals surface area contributed by atoms with Crippen LogP contribution in [0.15, 0.2) is 0 Å². The molecule has 0 bridgehead atoms. The Labute approximate surface area is 47.4 Å². The first-order valence-corrected chi connectivity index (χ1v) is 2.15. The zero-order chi connectivity index (χ0) is 6.57. The average molecular weight is 118 g/mol. The molecule has 1 amide bonds. The van der Waals surface area contributed by atoms with Gasteiger partial charge in [0.2, 0.25) is 0 Å². The fourth-order valence-corrected chi connectivity index (χ4v) is 0.308. The van der Waals surface area contributed by atoms with Crippen molar-refractivity contribution >= 4 is 5.91 Å². The zero-order valence-electron chi connectivity index (χ0n) is 4.64. The van der Waals surface area contributed by atoms with Gasteiger partial charge in [0.1, 0.15) is 0 Å². The lowest BCUT2D eigenvalue weighted by Crippen LogP contribution is -2.52. The van der Waals surface area contributed by atoms with E-state index in [1.807, 2.05) is 0 Å². The summed E-state index contributed by atoms with van der Waals surface area (Å²) in [6.07, 6.45) is -0.630. The summed E-state index contributed by atoms with van der Waals surface area (Å²) in [5.41, 5.74) is 6.98. The van der Waals surface area contributed by atoms with Gasteiger partial charge in [-0.3, -0.25) is 16.0 Å². The van der Waals surface area contributed by atoms with Crippen molar-refractivity contribution in [2.75, 3.05) is 7.05 Å². The summed E-state index contributed by atoms with van der Waals surface area (Å²) < 4.78 is 0. The van der Waals surface area contributed by atoms with Gasteiger partial charge in [-0.15, -0.1) is 0 Å². The SMILES string of the molecule is CNC(NN)C(N)=O. The van der Waals surface area contributed by atoms with Crippen molar-refractivity contribution in [1.82, 2.24) is 10.7 Å². The normalized spacial score (nSPS) is 13.2. The standard InChI is InChI=1S/C3H10N4O/c1-6-3(7-5)2(4)8/h3,6-7H,5H2,1H3,(H2,4,8). The van der Waals surface area contributed by atoms with Crippen molar-refractivity contribution in [3.63, 3.8) is 0 Å². The van der Waals surface area contributed by atoms with Crippen LogP contribution in [0.2, 0.25) is 0 Å². The lowest BCUT2D eigenvalue weighted by Gasteiger charge is -2.08. The number of carbonyl (C=O) groups excluding carboxylic acids is 1. The molecule has 0 heterocycles. The number of hydrogen-bond acceptors (Lipinski definition) is 4. The summed E-state index contributed by atoms with van der Waals surface area (Å²) in [4.78, 5) is 10.2. The Morgan fingerprint density at radius 1 is 1.75 bits per heavy atom. The minimum Gasteiger partial charge on any atom is -0.367 e. The highest BCUT2D eigenvalue weighted by atomic mass is 16.1. The first-order valence-electron chi connectivity index (χ1n) is 2.15. The third-order valence-corrected chi connectivity index (χ3v) is 0.740. The average Bonchev–Trinajstić information content (AvgIpc) is 1.69. The van der Waals surface area contributed by atoms with E-state index in [4.69, 9.17) is 11.6 Å². The van der Waals surface area contributed by atoms with E-state index >= 15 is 0 Å². The Kier molecular flexibility index (Phi) is 3.09. The maximum Gasteiger partial charge on any atom is 0.250 e. The fourth-order valence-electron chi connectivity index (χ4n) is 0.308. The number of rotatable bonds is 3. The minimum absolute atomic E-state index is 0.519. The smallest absolute Gasteiger partial charge is 0.250 e. The Morgan fingerprint density at radius 2 is 2.25 bits per heavy atom. The van der Waals surface area contributed by atoms with Gasteiger partial charge in [0.25, 0.3) is 5.91 Å². The zero-order valence-corrected chi connectivity index (χ0v) is 4.64. The summed E-state index contributed by atoms with van der Waals surface area (Å²) in [7, 11) is 1.58. The van der Waals surface area contributed by atoms with Crippen LogP contribution in [0.3, 0.4) is 0 Å². The number of hydrogen-bond donors (Lipinski definition) is 4. The van der Waals surface area contributed by atoms with Crippen LogP contribution in [0, 0.1) is 0 Å². The van der Waals surface area contributed by atoms with Gasteiger partial charge in [-0.25, -0.2) is 5.43 Å². The molecule has 0 aliphatic rings. The highest BCUT2D eigenvalue weighted by Gasteiger charge is 2.07. The first-order chi connectivity index (χ1) is 3.72. The molecule has 0 aliphatic carbocycles. The number of carbonyl (C=O) groups is 1. The Balaban J connectivity index is 3.52. The van der Waals surface area contributed by atoms with Gasteiger partial charge < -0.3 is 5.73 Å². The number of hydrazine groups is 1. The molecule has 8 heavy (non-hydrogen) atoms. The molecule has 5 heteroatoms. The largest absolute Gasteiger partial charge is 0.367 e. The van der Waals surface area contributed by atoms with Crippen molar-refractivity contribution in [2.45, 2.75) is 6.17 Å². The van der Waals surface area contributed by atoms with E-state index in [-0.39, 0.29) is 0 Å². The third kappa shape index (κ3) is 1.87.